The monoisotopic (exact) mass is 336 g/mol. The average molecular weight is 336 g/mol. The minimum absolute atomic E-state index is 0.0411. The summed E-state index contributed by atoms with van der Waals surface area (Å²) >= 11 is 0. The van der Waals surface area contributed by atoms with E-state index in [9.17, 15) is 14.9 Å². The second kappa shape index (κ2) is 6.96. The van der Waals surface area contributed by atoms with E-state index in [4.69, 9.17) is 5.73 Å². The number of amides is 1. The summed E-state index contributed by atoms with van der Waals surface area (Å²) in [6.45, 7) is 0. The fourth-order valence-corrected chi connectivity index (χ4v) is 2.86. The molecule has 3 N–H and O–H groups in total. The molecular formula is C18H16N4O3. The lowest BCUT2D eigenvalue weighted by Gasteiger charge is -2.26. The van der Waals surface area contributed by atoms with Crippen LogP contribution >= 0.6 is 0 Å². The summed E-state index contributed by atoms with van der Waals surface area (Å²) in [5.74, 6) is -0.473. The Morgan fingerprint density at radius 2 is 1.84 bits per heavy atom. The molecule has 1 fully saturated rings. The number of nitrogens with two attached hydrogens (primary N) is 1. The summed E-state index contributed by atoms with van der Waals surface area (Å²) < 4.78 is 0. The van der Waals surface area contributed by atoms with Crippen LogP contribution in [0, 0.1) is 10.1 Å². The maximum atomic E-state index is 12.2. The normalized spacial score (nSPS) is 20.5. The Morgan fingerprint density at radius 1 is 1.16 bits per heavy atom. The summed E-state index contributed by atoms with van der Waals surface area (Å²) in [5.41, 5.74) is 7.39. The van der Waals surface area contributed by atoms with E-state index in [1.54, 1.807) is 30.3 Å². The van der Waals surface area contributed by atoms with Crippen LogP contribution < -0.4 is 11.1 Å². The van der Waals surface area contributed by atoms with Crippen LogP contribution in [0.3, 0.4) is 0 Å². The van der Waals surface area contributed by atoms with Crippen LogP contribution in [-0.4, -0.2) is 16.7 Å². The molecule has 126 valence electrons. The summed E-state index contributed by atoms with van der Waals surface area (Å²) in [4.78, 5) is 27.5. The molecule has 25 heavy (non-hydrogen) atoms. The number of aliphatic imine (C=N–C) groups is 1. The number of hydrogen-bond acceptors (Lipinski definition) is 5. The third-order valence-electron chi connectivity index (χ3n) is 3.98. The molecule has 0 spiro atoms. The highest BCUT2D eigenvalue weighted by Gasteiger charge is 2.33. The predicted molar refractivity (Wildman–Crippen MR) is 94.4 cm³/mol. The molecule has 1 aliphatic heterocycles. The Bertz CT molecular complexity index is 875. The highest BCUT2D eigenvalue weighted by molar-refractivity contribution is 6.12. The minimum atomic E-state index is -0.525. The first kappa shape index (κ1) is 16.4. The van der Waals surface area contributed by atoms with Gasteiger partial charge in [0.1, 0.15) is 5.84 Å². The smallest absolute Gasteiger partial charge is 0.273 e. The van der Waals surface area contributed by atoms with Gasteiger partial charge < -0.3 is 11.1 Å². The number of carbonyl (C=O) groups excluding carboxylic acids is 1. The predicted octanol–water partition coefficient (Wildman–Crippen LogP) is 2.77. The second-order valence-electron chi connectivity index (χ2n) is 5.54. The zero-order valence-corrected chi connectivity index (χ0v) is 13.3. The van der Waals surface area contributed by atoms with Crippen LogP contribution in [0.4, 0.5) is 11.4 Å². The van der Waals surface area contributed by atoms with E-state index in [0.717, 1.165) is 0 Å². The van der Waals surface area contributed by atoms with E-state index in [1.165, 1.54) is 12.3 Å². The number of rotatable bonds is 3. The van der Waals surface area contributed by atoms with E-state index in [2.05, 4.69) is 10.3 Å². The molecule has 0 saturated carbocycles. The van der Waals surface area contributed by atoms with Gasteiger partial charge in [-0.2, -0.15) is 0 Å². The molecular weight excluding hydrogens is 320 g/mol. The topological polar surface area (TPSA) is 111 Å². The number of carbonyl (C=O) groups is 1. The van der Waals surface area contributed by atoms with Crippen molar-refractivity contribution in [3.8, 4) is 0 Å². The van der Waals surface area contributed by atoms with Crippen molar-refractivity contribution in [3.63, 3.8) is 0 Å². The molecule has 1 atom stereocenters. The molecule has 3 rings (SSSR count). The molecule has 7 heteroatoms. The Kier molecular flexibility index (Phi) is 4.56. The molecule has 1 amide bonds. The van der Waals surface area contributed by atoms with Crippen molar-refractivity contribution in [2.24, 2.45) is 10.7 Å². The molecule has 1 heterocycles. The first-order valence-electron chi connectivity index (χ1n) is 7.69. The van der Waals surface area contributed by atoms with Gasteiger partial charge in [0, 0.05) is 35.7 Å². The van der Waals surface area contributed by atoms with E-state index in [1.807, 2.05) is 18.2 Å². The van der Waals surface area contributed by atoms with E-state index in [-0.39, 0.29) is 18.0 Å². The SMILES string of the molecule is N/C=C1\C(=Nc2ccccc2)NC(=O)CC1c1ccccc1[N+](=O)[O-]. The van der Waals surface area contributed by atoms with E-state index >= 15 is 0 Å². The van der Waals surface area contributed by atoms with Gasteiger partial charge in [-0.3, -0.25) is 14.9 Å². The number of nitro groups is 1. The van der Waals surface area contributed by atoms with Gasteiger partial charge in [-0.1, -0.05) is 36.4 Å². The number of nitro benzene ring substituents is 1. The summed E-state index contributed by atoms with van der Waals surface area (Å²) in [7, 11) is 0. The van der Waals surface area contributed by atoms with Crippen molar-refractivity contribution < 1.29 is 9.72 Å². The van der Waals surface area contributed by atoms with Crippen molar-refractivity contribution in [2.45, 2.75) is 12.3 Å². The number of para-hydroxylation sites is 2. The fourth-order valence-electron chi connectivity index (χ4n) is 2.86. The largest absolute Gasteiger partial charge is 0.404 e. The summed E-state index contributed by atoms with van der Waals surface area (Å²) in [5, 5.41) is 14.0. The first-order valence-corrected chi connectivity index (χ1v) is 7.69. The zero-order valence-electron chi connectivity index (χ0n) is 13.3. The number of hydrogen-bond donors (Lipinski definition) is 2. The van der Waals surface area contributed by atoms with Crippen LogP contribution in [0.1, 0.15) is 17.9 Å². The Hall–Kier alpha value is -3.48. The Balaban J connectivity index is 2.08. The standard InChI is InChI=1S/C18H16N4O3/c19-11-15-14(13-8-4-5-9-16(13)22(24)25)10-17(23)21-18(15)20-12-6-2-1-3-7-12/h1-9,11,14H,10,19H2,(H,20,21,23)/b15-11-. The lowest BCUT2D eigenvalue weighted by atomic mass is 9.84. The van der Waals surface area contributed by atoms with Gasteiger partial charge in [-0.15, -0.1) is 0 Å². The quantitative estimate of drug-likeness (QED) is 0.663. The van der Waals surface area contributed by atoms with Crippen molar-refractivity contribution in [2.75, 3.05) is 0 Å². The van der Waals surface area contributed by atoms with Crippen LogP contribution in [0.25, 0.3) is 0 Å². The zero-order chi connectivity index (χ0) is 17.8. The van der Waals surface area contributed by atoms with Crippen molar-refractivity contribution in [3.05, 3.63) is 82.0 Å². The third-order valence-corrected chi connectivity index (χ3v) is 3.98. The van der Waals surface area contributed by atoms with Gasteiger partial charge in [0.15, 0.2) is 0 Å². The van der Waals surface area contributed by atoms with E-state index < -0.39 is 10.8 Å². The van der Waals surface area contributed by atoms with Crippen LogP contribution in [0.2, 0.25) is 0 Å². The molecule has 0 bridgehead atoms. The minimum Gasteiger partial charge on any atom is -0.404 e. The van der Waals surface area contributed by atoms with Crippen LogP contribution in [0.15, 0.2) is 71.4 Å². The molecule has 1 saturated heterocycles. The van der Waals surface area contributed by atoms with Crippen molar-refractivity contribution in [1.29, 1.82) is 0 Å². The molecule has 2 aromatic rings. The van der Waals surface area contributed by atoms with Crippen LogP contribution in [-0.2, 0) is 4.79 Å². The van der Waals surface area contributed by atoms with Gasteiger partial charge in [-0.05, 0) is 12.1 Å². The summed E-state index contributed by atoms with van der Waals surface area (Å²) in [6.07, 6.45) is 1.42. The highest BCUT2D eigenvalue weighted by Crippen LogP contribution is 2.36. The number of amidine groups is 1. The molecule has 1 aliphatic rings. The second-order valence-corrected chi connectivity index (χ2v) is 5.54. The molecule has 1 unspecified atom stereocenters. The van der Waals surface area contributed by atoms with Crippen LogP contribution in [0.5, 0.6) is 0 Å². The van der Waals surface area contributed by atoms with Crippen molar-refractivity contribution >= 4 is 23.1 Å². The first-order chi connectivity index (χ1) is 12.1. The molecule has 0 radical (unpaired) electrons. The average Bonchev–Trinajstić information content (AvgIpc) is 2.62. The number of nitrogens with one attached hydrogen (secondary N) is 1. The van der Waals surface area contributed by atoms with Crippen molar-refractivity contribution in [1.82, 2.24) is 5.32 Å². The van der Waals surface area contributed by atoms with Gasteiger partial charge in [-0.25, -0.2) is 4.99 Å². The molecule has 7 nitrogen and oxygen atoms in total. The molecule has 0 aromatic heterocycles. The maximum Gasteiger partial charge on any atom is 0.273 e. The van der Waals surface area contributed by atoms with Gasteiger partial charge in [0.05, 0.1) is 10.6 Å². The lowest BCUT2D eigenvalue weighted by molar-refractivity contribution is -0.385. The Morgan fingerprint density at radius 3 is 2.52 bits per heavy atom. The molecule has 2 aromatic carbocycles. The van der Waals surface area contributed by atoms with E-state index in [0.29, 0.717) is 22.7 Å². The highest BCUT2D eigenvalue weighted by atomic mass is 16.6. The number of nitrogens with zero attached hydrogens (tertiary/aromatic N) is 2. The summed E-state index contributed by atoms with van der Waals surface area (Å²) in [6, 6.07) is 15.5. The maximum absolute atomic E-state index is 12.2. The lowest BCUT2D eigenvalue weighted by Crippen LogP contribution is -2.40. The van der Waals surface area contributed by atoms with Gasteiger partial charge >= 0.3 is 0 Å². The number of piperidine rings is 1. The third kappa shape index (κ3) is 3.40. The fraction of sp³-hybridized carbons (Fsp3) is 0.111. The van der Waals surface area contributed by atoms with Gasteiger partial charge in [0.25, 0.3) is 5.69 Å². The molecule has 0 aliphatic carbocycles. The van der Waals surface area contributed by atoms with Gasteiger partial charge in [0.2, 0.25) is 5.91 Å². The Labute approximate surface area is 144 Å². The number of benzene rings is 2.